The predicted octanol–water partition coefficient (Wildman–Crippen LogP) is 4.22. The molecular formula is C17H18N2. The molecule has 0 fully saturated rings. The predicted molar refractivity (Wildman–Crippen MR) is 82.2 cm³/mol. The van der Waals surface area contributed by atoms with E-state index >= 15 is 0 Å². The second-order valence-corrected chi connectivity index (χ2v) is 4.96. The van der Waals surface area contributed by atoms with Gasteiger partial charge in [0, 0.05) is 28.8 Å². The van der Waals surface area contributed by atoms with Gasteiger partial charge in [-0.15, -0.1) is 0 Å². The van der Waals surface area contributed by atoms with Crippen LogP contribution < -0.4 is 5.73 Å². The SMILES string of the molecule is CCn1c(-c2ccc(C)cc2)cc2cc(N)ccc21. The lowest BCUT2D eigenvalue weighted by molar-refractivity contribution is 0.805. The Balaban J connectivity index is 2.25. The number of anilines is 1. The smallest absolute Gasteiger partial charge is 0.0491 e. The van der Waals surface area contributed by atoms with Gasteiger partial charge in [-0.05, 0) is 43.7 Å². The second kappa shape index (κ2) is 4.47. The zero-order valence-corrected chi connectivity index (χ0v) is 11.4. The summed E-state index contributed by atoms with van der Waals surface area (Å²) in [6, 6.07) is 17.0. The van der Waals surface area contributed by atoms with Crippen molar-refractivity contribution in [2.24, 2.45) is 0 Å². The molecule has 2 heteroatoms. The molecule has 0 aliphatic carbocycles. The van der Waals surface area contributed by atoms with Gasteiger partial charge in [0.2, 0.25) is 0 Å². The number of benzene rings is 2. The molecule has 3 rings (SSSR count). The zero-order valence-electron chi connectivity index (χ0n) is 11.4. The molecule has 2 aromatic carbocycles. The molecule has 0 atom stereocenters. The Labute approximate surface area is 113 Å². The van der Waals surface area contributed by atoms with Crippen LogP contribution in [0.15, 0.2) is 48.5 Å². The van der Waals surface area contributed by atoms with Crippen molar-refractivity contribution >= 4 is 16.6 Å². The monoisotopic (exact) mass is 250 g/mol. The number of nitrogens with zero attached hydrogens (tertiary/aromatic N) is 1. The average Bonchev–Trinajstić information content (AvgIpc) is 2.77. The molecule has 0 unspecified atom stereocenters. The Bertz CT molecular complexity index is 721. The standard InChI is InChI=1S/C17H18N2/c1-3-19-16-9-8-15(18)10-14(16)11-17(19)13-6-4-12(2)5-7-13/h4-11H,3,18H2,1-2H3. The van der Waals surface area contributed by atoms with E-state index in [1.54, 1.807) is 0 Å². The Morgan fingerprint density at radius 1 is 1.00 bits per heavy atom. The first-order valence-electron chi connectivity index (χ1n) is 6.65. The van der Waals surface area contributed by atoms with Crippen molar-refractivity contribution in [2.45, 2.75) is 20.4 Å². The third-order valence-corrected chi connectivity index (χ3v) is 3.59. The minimum atomic E-state index is 0.816. The normalized spacial score (nSPS) is 11.1. The molecule has 3 aromatic rings. The fourth-order valence-corrected chi connectivity index (χ4v) is 2.59. The summed E-state index contributed by atoms with van der Waals surface area (Å²) in [6.07, 6.45) is 0. The van der Waals surface area contributed by atoms with E-state index in [2.05, 4.69) is 54.8 Å². The molecule has 19 heavy (non-hydrogen) atoms. The topological polar surface area (TPSA) is 30.9 Å². The summed E-state index contributed by atoms with van der Waals surface area (Å²) in [5, 5.41) is 1.21. The van der Waals surface area contributed by atoms with Crippen molar-refractivity contribution in [2.75, 3.05) is 5.73 Å². The molecule has 1 aromatic heterocycles. The number of hydrogen-bond acceptors (Lipinski definition) is 1. The van der Waals surface area contributed by atoms with Gasteiger partial charge in [-0.25, -0.2) is 0 Å². The first kappa shape index (κ1) is 11.8. The lowest BCUT2D eigenvalue weighted by atomic mass is 10.1. The summed E-state index contributed by atoms with van der Waals surface area (Å²) in [5.41, 5.74) is 11.7. The summed E-state index contributed by atoms with van der Waals surface area (Å²) >= 11 is 0. The molecule has 0 radical (unpaired) electrons. The molecule has 0 amide bonds. The van der Waals surface area contributed by atoms with Gasteiger partial charge >= 0.3 is 0 Å². The first-order chi connectivity index (χ1) is 9.19. The van der Waals surface area contributed by atoms with Crippen molar-refractivity contribution in [3.63, 3.8) is 0 Å². The van der Waals surface area contributed by atoms with E-state index in [1.165, 1.54) is 27.7 Å². The van der Waals surface area contributed by atoms with Crippen molar-refractivity contribution in [1.29, 1.82) is 0 Å². The van der Waals surface area contributed by atoms with E-state index in [0.717, 1.165) is 12.2 Å². The lowest BCUT2D eigenvalue weighted by Crippen LogP contribution is -1.96. The molecule has 1 heterocycles. The summed E-state index contributed by atoms with van der Waals surface area (Å²) in [6.45, 7) is 5.24. The minimum Gasteiger partial charge on any atom is -0.399 e. The van der Waals surface area contributed by atoms with E-state index in [0.29, 0.717) is 0 Å². The van der Waals surface area contributed by atoms with E-state index in [1.807, 2.05) is 12.1 Å². The number of aromatic nitrogens is 1. The van der Waals surface area contributed by atoms with Gasteiger partial charge in [0.15, 0.2) is 0 Å². The van der Waals surface area contributed by atoms with Crippen LogP contribution in [0.1, 0.15) is 12.5 Å². The Morgan fingerprint density at radius 2 is 1.74 bits per heavy atom. The largest absolute Gasteiger partial charge is 0.399 e. The van der Waals surface area contributed by atoms with Gasteiger partial charge in [0.05, 0.1) is 0 Å². The van der Waals surface area contributed by atoms with Crippen LogP contribution in [0.4, 0.5) is 5.69 Å². The summed E-state index contributed by atoms with van der Waals surface area (Å²) in [5.74, 6) is 0. The minimum absolute atomic E-state index is 0.816. The highest BCUT2D eigenvalue weighted by molar-refractivity contribution is 5.89. The Hall–Kier alpha value is -2.22. The molecular weight excluding hydrogens is 232 g/mol. The van der Waals surface area contributed by atoms with E-state index in [-0.39, 0.29) is 0 Å². The van der Waals surface area contributed by atoms with Gasteiger partial charge in [-0.1, -0.05) is 29.8 Å². The first-order valence-corrected chi connectivity index (χ1v) is 6.65. The van der Waals surface area contributed by atoms with Crippen LogP contribution in [0.25, 0.3) is 22.2 Å². The molecule has 2 N–H and O–H groups in total. The quantitative estimate of drug-likeness (QED) is 0.678. The lowest BCUT2D eigenvalue weighted by Gasteiger charge is -2.08. The fraction of sp³-hybridized carbons (Fsp3) is 0.176. The van der Waals surface area contributed by atoms with Crippen LogP contribution in [0.2, 0.25) is 0 Å². The molecule has 0 aliphatic rings. The zero-order chi connectivity index (χ0) is 13.4. The third kappa shape index (κ3) is 1.99. The highest BCUT2D eigenvalue weighted by Gasteiger charge is 2.09. The van der Waals surface area contributed by atoms with Crippen molar-refractivity contribution < 1.29 is 0 Å². The molecule has 0 spiro atoms. The molecule has 96 valence electrons. The van der Waals surface area contributed by atoms with E-state index in [9.17, 15) is 0 Å². The number of aryl methyl sites for hydroxylation is 2. The van der Waals surface area contributed by atoms with E-state index in [4.69, 9.17) is 5.73 Å². The van der Waals surface area contributed by atoms with Gasteiger partial charge in [-0.2, -0.15) is 0 Å². The Kier molecular flexibility index (Phi) is 2.79. The number of rotatable bonds is 2. The Morgan fingerprint density at radius 3 is 2.42 bits per heavy atom. The molecule has 0 bridgehead atoms. The number of hydrogen-bond donors (Lipinski definition) is 1. The highest BCUT2D eigenvalue weighted by Crippen LogP contribution is 2.29. The molecule has 2 nitrogen and oxygen atoms in total. The summed E-state index contributed by atoms with van der Waals surface area (Å²) < 4.78 is 2.33. The molecule has 0 aliphatic heterocycles. The number of nitrogens with two attached hydrogens (primary N) is 1. The maximum absolute atomic E-state index is 5.87. The van der Waals surface area contributed by atoms with Crippen LogP contribution in [0.5, 0.6) is 0 Å². The number of fused-ring (bicyclic) bond motifs is 1. The van der Waals surface area contributed by atoms with Crippen molar-refractivity contribution in [3.8, 4) is 11.3 Å². The van der Waals surface area contributed by atoms with Crippen LogP contribution in [-0.4, -0.2) is 4.57 Å². The third-order valence-electron chi connectivity index (χ3n) is 3.59. The summed E-state index contributed by atoms with van der Waals surface area (Å²) in [7, 11) is 0. The maximum atomic E-state index is 5.87. The van der Waals surface area contributed by atoms with E-state index < -0.39 is 0 Å². The van der Waals surface area contributed by atoms with Gasteiger partial charge < -0.3 is 10.3 Å². The van der Waals surface area contributed by atoms with Gasteiger partial charge in [0.1, 0.15) is 0 Å². The average molecular weight is 250 g/mol. The fourth-order valence-electron chi connectivity index (χ4n) is 2.59. The molecule has 0 saturated heterocycles. The number of nitrogen functional groups attached to an aromatic ring is 1. The molecule has 0 saturated carbocycles. The second-order valence-electron chi connectivity index (χ2n) is 4.96. The maximum Gasteiger partial charge on any atom is 0.0491 e. The van der Waals surface area contributed by atoms with Crippen LogP contribution in [0, 0.1) is 6.92 Å². The highest BCUT2D eigenvalue weighted by atomic mass is 15.0. The van der Waals surface area contributed by atoms with Gasteiger partial charge in [-0.3, -0.25) is 0 Å². The van der Waals surface area contributed by atoms with Crippen LogP contribution in [0.3, 0.4) is 0 Å². The van der Waals surface area contributed by atoms with Crippen molar-refractivity contribution in [1.82, 2.24) is 4.57 Å². The van der Waals surface area contributed by atoms with Crippen molar-refractivity contribution in [3.05, 3.63) is 54.1 Å². The van der Waals surface area contributed by atoms with Gasteiger partial charge in [0.25, 0.3) is 0 Å². The summed E-state index contributed by atoms with van der Waals surface area (Å²) in [4.78, 5) is 0. The van der Waals surface area contributed by atoms with Crippen LogP contribution in [-0.2, 0) is 6.54 Å². The van der Waals surface area contributed by atoms with Crippen LogP contribution >= 0.6 is 0 Å².